The number of rotatable bonds is 9. The fraction of sp³-hybridized carbons (Fsp3) is 0.733. The van der Waals surface area contributed by atoms with Crippen LogP contribution in [0.4, 0.5) is 0 Å². The lowest BCUT2D eigenvalue weighted by Crippen LogP contribution is -2.51. The summed E-state index contributed by atoms with van der Waals surface area (Å²) < 4.78 is 14.7. The van der Waals surface area contributed by atoms with Crippen molar-refractivity contribution in [2.75, 3.05) is 26.4 Å². The molecule has 0 aromatic carbocycles. The van der Waals surface area contributed by atoms with Gasteiger partial charge in [-0.15, -0.1) is 0 Å². The predicted molar refractivity (Wildman–Crippen MR) is 79.9 cm³/mol. The van der Waals surface area contributed by atoms with Crippen molar-refractivity contribution in [1.82, 2.24) is 5.32 Å². The smallest absolute Gasteiger partial charge is 0.327 e. The average Bonchev–Trinajstić information content (AvgIpc) is 3.05. The van der Waals surface area contributed by atoms with Crippen molar-refractivity contribution >= 4 is 23.8 Å². The summed E-state index contributed by atoms with van der Waals surface area (Å²) in [6.07, 6.45) is -0.0226. The van der Waals surface area contributed by atoms with E-state index in [2.05, 4.69) is 5.32 Å². The van der Waals surface area contributed by atoms with Gasteiger partial charge in [-0.2, -0.15) is 0 Å². The van der Waals surface area contributed by atoms with Crippen molar-refractivity contribution in [1.29, 1.82) is 0 Å². The molecule has 9 nitrogen and oxygen atoms in total. The zero-order chi connectivity index (χ0) is 18.1. The van der Waals surface area contributed by atoms with Crippen LogP contribution in [0.3, 0.4) is 0 Å². The van der Waals surface area contributed by atoms with Crippen LogP contribution >= 0.6 is 0 Å². The Kier molecular flexibility index (Phi) is 8.17. The Morgan fingerprint density at radius 1 is 1.21 bits per heavy atom. The molecule has 1 aliphatic rings. The van der Waals surface area contributed by atoms with Crippen LogP contribution in [0.5, 0.6) is 0 Å². The largest absolute Gasteiger partial charge is 0.480 e. The highest BCUT2D eigenvalue weighted by Crippen LogP contribution is 2.17. The van der Waals surface area contributed by atoms with Gasteiger partial charge in [0.05, 0.1) is 38.1 Å². The predicted octanol–water partition coefficient (Wildman–Crippen LogP) is -0.275. The van der Waals surface area contributed by atoms with Crippen LogP contribution in [0.1, 0.15) is 26.7 Å². The quantitative estimate of drug-likeness (QED) is 0.546. The van der Waals surface area contributed by atoms with Crippen LogP contribution in [0.15, 0.2) is 0 Å². The number of carbonyl (C=O) groups is 4. The molecule has 0 bridgehead atoms. The first-order valence-electron chi connectivity index (χ1n) is 7.83. The van der Waals surface area contributed by atoms with Gasteiger partial charge in [-0.25, -0.2) is 4.79 Å². The minimum absolute atomic E-state index is 0.0227. The average molecular weight is 345 g/mol. The molecule has 0 spiro atoms. The highest BCUT2D eigenvalue weighted by molar-refractivity contribution is 5.91. The van der Waals surface area contributed by atoms with E-state index in [4.69, 9.17) is 14.2 Å². The third-order valence-electron chi connectivity index (χ3n) is 3.55. The molecule has 1 fully saturated rings. The normalized spacial score (nSPS) is 19.2. The topological polar surface area (TPSA) is 128 Å². The van der Waals surface area contributed by atoms with Crippen molar-refractivity contribution in [2.24, 2.45) is 11.8 Å². The van der Waals surface area contributed by atoms with Crippen LogP contribution in [-0.4, -0.2) is 61.4 Å². The number of amides is 1. The Morgan fingerprint density at radius 3 is 2.38 bits per heavy atom. The van der Waals surface area contributed by atoms with Crippen molar-refractivity contribution in [3.05, 3.63) is 0 Å². The second-order valence-corrected chi connectivity index (χ2v) is 5.25. The van der Waals surface area contributed by atoms with Crippen molar-refractivity contribution in [2.45, 2.75) is 32.7 Å². The number of hydrogen-bond acceptors (Lipinski definition) is 7. The van der Waals surface area contributed by atoms with E-state index in [-0.39, 0.29) is 19.8 Å². The molecule has 0 unspecified atom stereocenters. The van der Waals surface area contributed by atoms with Gasteiger partial charge in [0.1, 0.15) is 6.04 Å². The minimum atomic E-state index is -1.58. The van der Waals surface area contributed by atoms with E-state index >= 15 is 0 Å². The van der Waals surface area contributed by atoms with Gasteiger partial charge in [0.2, 0.25) is 5.91 Å². The number of hydrogen-bond donors (Lipinski definition) is 2. The Hall–Kier alpha value is -2.16. The molecule has 0 aromatic heterocycles. The summed E-state index contributed by atoms with van der Waals surface area (Å²) in [5.41, 5.74) is 0. The van der Waals surface area contributed by atoms with Crippen LogP contribution in [-0.2, 0) is 33.4 Å². The molecule has 1 heterocycles. The molecule has 1 rings (SSSR count). The Labute approximate surface area is 139 Å². The maximum Gasteiger partial charge on any atom is 0.327 e. The highest BCUT2D eigenvalue weighted by atomic mass is 16.5. The van der Waals surface area contributed by atoms with Gasteiger partial charge in [-0.1, -0.05) is 0 Å². The van der Waals surface area contributed by atoms with E-state index in [1.807, 2.05) is 0 Å². The lowest BCUT2D eigenvalue weighted by Gasteiger charge is -2.23. The molecule has 2 N–H and O–H groups in total. The van der Waals surface area contributed by atoms with Gasteiger partial charge in [0, 0.05) is 6.61 Å². The molecule has 1 amide bonds. The summed E-state index contributed by atoms with van der Waals surface area (Å²) in [4.78, 5) is 47.4. The molecule has 9 heteroatoms. The van der Waals surface area contributed by atoms with Crippen molar-refractivity contribution < 1.29 is 38.5 Å². The van der Waals surface area contributed by atoms with Crippen molar-refractivity contribution in [3.63, 3.8) is 0 Å². The monoisotopic (exact) mass is 345 g/mol. The van der Waals surface area contributed by atoms with E-state index in [1.54, 1.807) is 13.8 Å². The molecule has 136 valence electrons. The number of aliphatic carboxylic acids is 1. The number of ether oxygens (including phenoxy) is 3. The molecule has 1 aliphatic heterocycles. The number of carboxylic acids is 1. The summed E-state index contributed by atoms with van der Waals surface area (Å²) in [5, 5.41) is 11.7. The van der Waals surface area contributed by atoms with Crippen LogP contribution < -0.4 is 5.32 Å². The van der Waals surface area contributed by atoms with Crippen LogP contribution in [0.2, 0.25) is 0 Å². The zero-order valence-corrected chi connectivity index (χ0v) is 13.8. The standard InChI is InChI=1S/C15H23NO8/c1-3-23-11(17)7-10(15(21)24-4-2)12(14(19)20)16-13(18)9-5-6-22-8-9/h9-10,12H,3-8H2,1-2H3,(H,16,18)(H,19,20)/t9-,10+,12+/m0/s1. The van der Waals surface area contributed by atoms with Crippen LogP contribution in [0.25, 0.3) is 0 Å². The lowest BCUT2D eigenvalue weighted by molar-refractivity contribution is -0.160. The number of nitrogens with one attached hydrogen (secondary N) is 1. The molecule has 1 saturated heterocycles. The molecule has 3 atom stereocenters. The SMILES string of the molecule is CCOC(=O)C[C@@H](C(=O)OCC)[C@@H](NC(=O)[C@H]1CCOC1)C(=O)O. The summed E-state index contributed by atoms with van der Waals surface area (Å²) in [5.74, 6) is -5.41. The van der Waals surface area contributed by atoms with Gasteiger partial charge in [-0.3, -0.25) is 14.4 Å². The third-order valence-corrected chi connectivity index (χ3v) is 3.55. The van der Waals surface area contributed by atoms with E-state index < -0.39 is 48.1 Å². The number of esters is 2. The van der Waals surface area contributed by atoms with Crippen molar-refractivity contribution in [3.8, 4) is 0 Å². The molecular formula is C15H23NO8. The first-order valence-corrected chi connectivity index (χ1v) is 7.83. The highest BCUT2D eigenvalue weighted by Gasteiger charge is 2.39. The molecule has 0 radical (unpaired) electrons. The molecule has 0 saturated carbocycles. The van der Waals surface area contributed by atoms with Gasteiger partial charge < -0.3 is 24.6 Å². The van der Waals surface area contributed by atoms with Gasteiger partial charge in [0.25, 0.3) is 0 Å². The van der Waals surface area contributed by atoms with E-state index in [0.717, 1.165) is 0 Å². The molecular weight excluding hydrogens is 322 g/mol. The zero-order valence-electron chi connectivity index (χ0n) is 13.8. The fourth-order valence-corrected chi connectivity index (χ4v) is 2.33. The summed E-state index contributed by atoms with van der Waals surface area (Å²) in [6.45, 7) is 3.88. The first kappa shape index (κ1) is 19.9. The summed E-state index contributed by atoms with van der Waals surface area (Å²) >= 11 is 0. The number of carboxylic acid groups (broad SMARTS) is 1. The summed E-state index contributed by atoms with van der Waals surface area (Å²) in [7, 11) is 0. The van der Waals surface area contributed by atoms with E-state index in [0.29, 0.717) is 13.0 Å². The van der Waals surface area contributed by atoms with Gasteiger partial charge in [-0.05, 0) is 20.3 Å². The molecule has 0 aromatic rings. The van der Waals surface area contributed by atoms with Crippen LogP contribution in [0, 0.1) is 11.8 Å². The van der Waals surface area contributed by atoms with Gasteiger partial charge in [0.15, 0.2) is 0 Å². The summed E-state index contributed by atoms with van der Waals surface area (Å²) in [6, 6.07) is -1.58. The molecule has 0 aliphatic carbocycles. The first-order chi connectivity index (χ1) is 11.4. The Balaban J connectivity index is 2.89. The van der Waals surface area contributed by atoms with Gasteiger partial charge >= 0.3 is 17.9 Å². The Morgan fingerprint density at radius 2 is 1.88 bits per heavy atom. The maximum absolute atomic E-state index is 12.1. The van der Waals surface area contributed by atoms with E-state index in [9.17, 15) is 24.3 Å². The minimum Gasteiger partial charge on any atom is -0.480 e. The second-order valence-electron chi connectivity index (χ2n) is 5.25. The lowest BCUT2D eigenvalue weighted by atomic mass is 9.95. The fourth-order valence-electron chi connectivity index (χ4n) is 2.33. The maximum atomic E-state index is 12.1. The Bertz CT molecular complexity index is 472. The second kappa shape index (κ2) is 9.86. The number of carbonyl (C=O) groups excluding carboxylic acids is 3. The third kappa shape index (κ3) is 5.80. The molecule has 24 heavy (non-hydrogen) atoms. The van der Waals surface area contributed by atoms with E-state index in [1.165, 1.54) is 0 Å².